The summed E-state index contributed by atoms with van der Waals surface area (Å²) in [5, 5.41) is 19.7. The quantitative estimate of drug-likeness (QED) is 0.454. The van der Waals surface area contributed by atoms with Gasteiger partial charge in [-0.05, 0) is 36.8 Å². The van der Waals surface area contributed by atoms with Crippen LogP contribution in [0.4, 0.5) is 16.0 Å². The van der Waals surface area contributed by atoms with Gasteiger partial charge in [0.05, 0.1) is 29.7 Å². The second-order valence-electron chi connectivity index (χ2n) is 6.69. The molecule has 30 heavy (non-hydrogen) atoms. The summed E-state index contributed by atoms with van der Waals surface area (Å²) < 4.78 is 14.9. The lowest BCUT2D eigenvalue weighted by atomic mass is 10.1. The highest BCUT2D eigenvalue weighted by atomic mass is 19.1. The van der Waals surface area contributed by atoms with Crippen LogP contribution in [0.5, 0.6) is 0 Å². The molecule has 0 bridgehead atoms. The molecule has 0 amide bonds. The lowest BCUT2D eigenvalue weighted by molar-refractivity contribution is 0.247. The predicted octanol–water partition coefficient (Wildman–Crippen LogP) is 2.80. The van der Waals surface area contributed by atoms with E-state index >= 15 is 0 Å². The number of aryl methyl sites for hydroxylation is 1. The highest BCUT2D eigenvalue weighted by Gasteiger charge is 2.15. The molecule has 8 nitrogen and oxygen atoms in total. The van der Waals surface area contributed by atoms with Crippen molar-refractivity contribution in [2.45, 2.75) is 13.0 Å². The summed E-state index contributed by atoms with van der Waals surface area (Å²) in [5.74, 6) is -0.0568. The Morgan fingerprint density at radius 1 is 1.27 bits per heavy atom. The maximum absolute atomic E-state index is 13.6. The first-order chi connectivity index (χ1) is 14.5. The van der Waals surface area contributed by atoms with E-state index < -0.39 is 11.9 Å². The van der Waals surface area contributed by atoms with Gasteiger partial charge in [-0.3, -0.25) is 9.89 Å². The molecule has 0 saturated carbocycles. The fraction of sp³-hybridized carbons (Fsp3) is 0.143. The molecule has 0 aliphatic heterocycles. The van der Waals surface area contributed by atoms with E-state index in [-0.39, 0.29) is 12.2 Å². The number of aromatic amines is 1. The van der Waals surface area contributed by atoms with E-state index in [1.807, 2.05) is 6.92 Å². The maximum atomic E-state index is 13.6. The number of pyridine rings is 1. The molecule has 152 valence electrons. The third kappa shape index (κ3) is 3.96. The van der Waals surface area contributed by atoms with Crippen LogP contribution in [-0.2, 0) is 0 Å². The Balaban J connectivity index is 1.64. The van der Waals surface area contributed by atoms with Crippen LogP contribution >= 0.6 is 0 Å². The average Bonchev–Trinajstić information content (AvgIpc) is 3.14. The topological polar surface area (TPSA) is 109 Å². The number of hydrogen-bond acceptors (Lipinski definition) is 6. The van der Waals surface area contributed by atoms with Crippen molar-refractivity contribution in [3.8, 4) is 11.3 Å². The van der Waals surface area contributed by atoms with Gasteiger partial charge in [0.25, 0.3) is 5.56 Å². The van der Waals surface area contributed by atoms with Gasteiger partial charge in [-0.1, -0.05) is 12.1 Å². The minimum atomic E-state index is -0.686. The molecule has 3 heterocycles. The summed E-state index contributed by atoms with van der Waals surface area (Å²) in [6.07, 6.45) is 4.86. The van der Waals surface area contributed by atoms with Crippen molar-refractivity contribution in [3.63, 3.8) is 0 Å². The van der Waals surface area contributed by atoms with E-state index in [9.17, 15) is 14.3 Å². The molecule has 0 unspecified atom stereocenters. The van der Waals surface area contributed by atoms with Crippen LogP contribution < -0.4 is 10.9 Å². The monoisotopic (exact) mass is 406 g/mol. The number of nitrogens with zero attached hydrogens (tertiary/aromatic N) is 4. The molecule has 0 spiro atoms. The van der Waals surface area contributed by atoms with Crippen molar-refractivity contribution < 1.29 is 9.50 Å². The highest BCUT2D eigenvalue weighted by molar-refractivity contribution is 5.61. The summed E-state index contributed by atoms with van der Waals surface area (Å²) in [5.41, 5.74) is 2.86. The molecule has 0 radical (unpaired) electrons. The normalized spacial score (nSPS) is 12.0. The van der Waals surface area contributed by atoms with E-state index in [2.05, 4.69) is 25.5 Å². The van der Waals surface area contributed by atoms with Crippen LogP contribution in [0.2, 0.25) is 0 Å². The first-order valence-electron chi connectivity index (χ1n) is 9.24. The molecule has 0 aliphatic rings. The fourth-order valence-corrected chi connectivity index (χ4v) is 3.16. The lowest BCUT2D eigenvalue weighted by Crippen LogP contribution is -2.27. The van der Waals surface area contributed by atoms with E-state index in [0.717, 1.165) is 11.4 Å². The molecular formula is C21H19FN6O2. The first kappa shape index (κ1) is 19.5. The summed E-state index contributed by atoms with van der Waals surface area (Å²) >= 11 is 0. The second kappa shape index (κ2) is 8.26. The van der Waals surface area contributed by atoms with Gasteiger partial charge < -0.3 is 15.0 Å². The highest BCUT2D eigenvalue weighted by Crippen LogP contribution is 2.21. The molecule has 0 fully saturated rings. The number of benzene rings is 1. The molecule has 1 atom stereocenters. The minimum absolute atomic E-state index is 0.338. The number of aromatic nitrogens is 5. The predicted molar refractivity (Wildman–Crippen MR) is 110 cm³/mol. The summed E-state index contributed by atoms with van der Waals surface area (Å²) in [7, 11) is 0. The van der Waals surface area contributed by atoms with Crippen molar-refractivity contribution in [2.75, 3.05) is 11.9 Å². The van der Waals surface area contributed by atoms with Crippen molar-refractivity contribution in [2.24, 2.45) is 0 Å². The molecule has 0 aliphatic carbocycles. The maximum Gasteiger partial charge on any atom is 0.251 e. The molecule has 4 aromatic rings. The van der Waals surface area contributed by atoms with Crippen LogP contribution in [-0.4, -0.2) is 36.4 Å². The Bertz CT molecular complexity index is 1240. The molecule has 9 heteroatoms. The number of aliphatic hydroxyl groups excluding tert-OH is 1. The fourth-order valence-electron chi connectivity index (χ4n) is 3.16. The number of anilines is 2. The minimum Gasteiger partial charge on any atom is -0.394 e. The van der Waals surface area contributed by atoms with Crippen molar-refractivity contribution in [3.05, 3.63) is 88.5 Å². The summed E-state index contributed by atoms with van der Waals surface area (Å²) in [6.45, 7) is 1.51. The Kier molecular flexibility index (Phi) is 5.36. The van der Waals surface area contributed by atoms with Gasteiger partial charge in [0, 0.05) is 30.2 Å². The number of nitrogens with one attached hydrogen (secondary N) is 2. The lowest BCUT2D eigenvalue weighted by Gasteiger charge is -2.18. The Labute approximate surface area is 171 Å². The van der Waals surface area contributed by atoms with Crippen LogP contribution in [0.25, 0.3) is 11.3 Å². The molecule has 0 saturated heterocycles. The molecule has 4 rings (SSSR count). The Morgan fingerprint density at radius 3 is 2.83 bits per heavy atom. The van der Waals surface area contributed by atoms with Gasteiger partial charge in [-0.2, -0.15) is 5.10 Å². The number of aliphatic hydroxyl groups is 1. The third-order valence-electron chi connectivity index (χ3n) is 4.72. The molecule has 1 aromatic carbocycles. The number of halogens is 1. The van der Waals surface area contributed by atoms with Gasteiger partial charge in [-0.25, -0.2) is 14.4 Å². The Hall–Kier alpha value is -3.85. The van der Waals surface area contributed by atoms with Gasteiger partial charge in [0.1, 0.15) is 5.82 Å². The largest absolute Gasteiger partial charge is 0.394 e. The van der Waals surface area contributed by atoms with Gasteiger partial charge in [0.2, 0.25) is 5.95 Å². The van der Waals surface area contributed by atoms with Crippen LogP contribution in [0, 0.1) is 12.7 Å². The smallest absolute Gasteiger partial charge is 0.251 e. The van der Waals surface area contributed by atoms with Crippen molar-refractivity contribution >= 4 is 11.6 Å². The van der Waals surface area contributed by atoms with Crippen molar-refractivity contribution in [1.82, 2.24) is 24.7 Å². The first-order valence-corrected chi connectivity index (χ1v) is 9.24. The zero-order valence-corrected chi connectivity index (χ0v) is 16.1. The van der Waals surface area contributed by atoms with Crippen LogP contribution in [0.1, 0.15) is 17.3 Å². The standard InChI is InChI=1S/C21H19FN6O2/c1-13-18(11-24-27-13)26-21-23-7-5-17(25-21)14-6-8-28(20(30)10-14)19(12-29)15-3-2-4-16(22)9-15/h2-11,19,29H,12H2,1H3,(H,24,27)(H,23,25,26)/t19-/m1/s1. The van der Waals surface area contributed by atoms with Crippen LogP contribution in [0.15, 0.2) is 65.8 Å². The second-order valence-corrected chi connectivity index (χ2v) is 6.69. The Morgan fingerprint density at radius 2 is 2.13 bits per heavy atom. The van der Waals surface area contributed by atoms with Gasteiger partial charge >= 0.3 is 0 Å². The molecular weight excluding hydrogens is 387 g/mol. The average molecular weight is 406 g/mol. The van der Waals surface area contributed by atoms with Crippen LogP contribution in [0.3, 0.4) is 0 Å². The molecule has 3 N–H and O–H groups in total. The SMILES string of the molecule is Cc1n[nH]cc1Nc1nccc(-c2ccn([C@H](CO)c3cccc(F)c3)c(=O)c2)n1. The van der Waals surface area contributed by atoms with Gasteiger partial charge in [0.15, 0.2) is 0 Å². The molecule has 3 aromatic heterocycles. The van der Waals surface area contributed by atoms with E-state index in [1.165, 1.54) is 22.8 Å². The number of rotatable bonds is 6. The third-order valence-corrected chi connectivity index (χ3v) is 4.72. The zero-order chi connectivity index (χ0) is 21.1. The van der Waals surface area contributed by atoms with E-state index in [4.69, 9.17) is 0 Å². The number of hydrogen-bond donors (Lipinski definition) is 3. The summed E-state index contributed by atoms with van der Waals surface area (Å²) in [6, 6.07) is 10.00. The zero-order valence-electron chi connectivity index (χ0n) is 16.1. The summed E-state index contributed by atoms with van der Waals surface area (Å²) in [4.78, 5) is 21.4. The van der Waals surface area contributed by atoms with Gasteiger partial charge in [-0.15, -0.1) is 0 Å². The van der Waals surface area contributed by atoms with E-state index in [1.54, 1.807) is 42.9 Å². The number of H-pyrrole nitrogens is 1. The van der Waals surface area contributed by atoms with Crippen molar-refractivity contribution in [1.29, 1.82) is 0 Å². The van der Waals surface area contributed by atoms with E-state index in [0.29, 0.717) is 22.8 Å².